The Bertz CT molecular complexity index is 164. The van der Waals surface area contributed by atoms with E-state index in [1.165, 1.54) is 0 Å². The molecule has 0 aliphatic carbocycles. The Morgan fingerprint density at radius 3 is 0.444 bits per heavy atom. The molecule has 0 radical (unpaired) electrons. The van der Waals surface area contributed by atoms with Crippen LogP contribution in [-0.4, -0.2) is 20.3 Å². The molecule has 0 rings (SSSR count). The van der Waals surface area contributed by atoms with Crippen molar-refractivity contribution in [3.05, 3.63) is 61.3 Å². The summed E-state index contributed by atoms with van der Waals surface area (Å²) >= 11 is 0. The SMILES string of the molecule is O=[N+]([O-])[O-].O=[N+]([O-])[O-].O=[N+]([O-])[O-].O=[N+]([O-])[O-].[Na+].[Rh+3]. The molecule has 0 amide bonds. The fraction of sp³-hybridized carbons (Fsp3) is 0. The van der Waals surface area contributed by atoms with Crippen LogP contribution < -0.4 is 29.6 Å². The average Bonchev–Trinajstić information content (AvgIpc) is 1.76. The summed E-state index contributed by atoms with van der Waals surface area (Å²) in [5.74, 6) is 0. The van der Waals surface area contributed by atoms with E-state index >= 15 is 0 Å². The van der Waals surface area contributed by atoms with Crippen molar-refractivity contribution in [3.8, 4) is 0 Å². The number of hydrogen-bond acceptors (Lipinski definition) is 12. The molecule has 0 aromatic heterocycles. The van der Waals surface area contributed by atoms with Crippen LogP contribution in [0.5, 0.6) is 0 Å². The van der Waals surface area contributed by atoms with Crippen molar-refractivity contribution in [1.82, 2.24) is 0 Å². The van der Waals surface area contributed by atoms with E-state index in [0.29, 0.717) is 0 Å². The Balaban J connectivity index is -0.0000000257. The van der Waals surface area contributed by atoms with Crippen LogP contribution in [0.1, 0.15) is 0 Å². The van der Waals surface area contributed by atoms with Crippen molar-refractivity contribution in [2.75, 3.05) is 0 Å². The molecule has 0 saturated heterocycles. The topological polar surface area (TPSA) is 265 Å². The van der Waals surface area contributed by atoms with E-state index in [4.69, 9.17) is 61.3 Å². The van der Waals surface area contributed by atoms with Gasteiger partial charge < -0.3 is 61.3 Å². The summed E-state index contributed by atoms with van der Waals surface area (Å²) in [6.45, 7) is 0. The van der Waals surface area contributed by atoms with Gasteiger partial charge in [0.25, 0.3) is 0 Å². The van der Waals surface area contributed by atoms with Crippen LogP contribution in [-0.2, 0) is 19.5 Å². The van der Waals surface area contributed by atoms with Crippen molar-refractivity contribution >= 4 is 0 Å². The minimum atomic E-state index is -1.75. The predicted octanol–water partition coefficient (Wildman–Crippen LogP) is -3.95. The summed E-state index contributed by atoms with van der Waals surface area (Å²) in [5.41, 5.74) is 0. The summed E-state index contributed by atoms with van der Waals surface area (Å²) in [7, 11) is 0. The second-order valence-electron chi connectivity index (χ2n) is 0.894. The van der Waals surface area contributed by atoms with Crippen LogP contribution in [0.3, 0.4) is 0 Å². The van der Waals surface area contributed by atoms with E-state index in [1.54, 1.807) is 0 Å². The zero-order chi connectivity index (χ0) is 14.3. The van der Waals surface area contributed by atoms with Crippen LogP contribution in [0.25, 0.3) is 0 Å². The van der Waals surface area contributed by atoms with Crippen LogP contribution >= 0.6 is 0 Å². The van der Waals surface area contributed by atoms with Gasteiger partial charge in [0, 0.05) is 0 Å². The monoisotopic (exact) mass is 374 g/mol. The second-order valence-corrected chi connectivity index (χ2v) is 0.894. The summed E-state index contributed by atoms with van der Waals surface area (Å²) in [6.07, 6.45) is 0. The number of rotatable bonds is 0. The average molecular weight is 374 g/mol. The Kier molecular flexibility index (Phi) is 59.0. The van der Waals surface area contributed by atoms with Gasteiger partial charge in [0.1, 0.15) is 0 Å². The first-order valence-corrected chi connectivity index (χ1v) is 2.19. The molecule has 0 heterocycles. The molecule has 102 valence electrons. The molecular formula is N4NaO12Rh. The van der Waals surface area contributed by atoms with Gasteiger partial charge in [-0.25, -0.2) is 0 Å². The molecule has 16 nitrogen and oxygen atoms in total. The number of nitrogens with zero attached hydrogens (tertiary/aromatic N) is 4. The molecule has 0 aliphatic rings. The fourth-order valence-corrected chi connectivity index (χ4v) is 0. The fourth-order valence-electron chi connectivity index (χ4n) is 0. The van der Waals surface area contributed by atoms with E-state index in [1.807, 2.05) is 0 Å². The smallest absolute Gasteiger partial charge is 0.356 e. The van der Waals surface area contributed by atoms with Crippen molar-refractivity contribution in [2.45, 2.75) is 0 Å². The first kappa shape index (κ1) is 36.0. The Morgan fingerprint density at radius 1 is 0.444 bits per heavy atom. The maximum Gasteiger partial charge on any atom is 3.00 e. The molecule has 0 unspecified atom stereocenters. The Hall–Kier alpha value is -1.58. The minimum absolute atomic E-state index is 0. The maximum absolute atomic E-state index is 8.25. The van der Waals surface area contributed by atoms with Gasteiger partial charge in [0.2, 0.25) is 0 Å². The standard InChI is InChI=1S/4NO3.Na.Rh/c4*2-1(3)4;;/q4*-1;+1;+3. The van der Waals surface area contributed by atoms with Gasteiger partial charge in [-0.1, -0.05) is 0 Å². The maximum atomic E-state index is 8.25. The van der Waals surface area contributed by atoms with Gasteiger partial charge in [0.15, 0.2) is 0 Å². The third-order valence-electron chi connectivity index (χ3n) is 0. The Morgan fingerprint density at radius 2 is 0.444 bits per heavy atom. The van der Waals surface area contributed by atoms with E-state index in [2.05, 4.69) is 0 Å². The second kappa shape index (κ2) is 29.5. The van der Waals surface area contributed by atoms with Crippen molar-refractivity contribution < 1.29 is 69.4 Å². The van der Waals surface area contributed by atoms with Gasteiger partial charge in [-0.05, 0) is 0 Å². The van der Waals surface area contributed by atoms with E-state index in [-0.39, 0.29) is 49.0 Å². The van der Waals surface area contributed by atoms with Gasteiger partial charge in [0.05, 0.1) is 20.3 Å². The molecule has 0 aromatic rings. The van der Waals surface area contributed by atoms with E-state index < -0.39 is 20.3 Å². The van der Waals surface area contributed by atoms with Crippen LogP contribution in [0.2, 0.25) is 0 Å². The summed E-state index contributed by atoms with van der Waals surface area (Å²) in [5, 5.41) is 59.0. The predicted molar refractivity (Wildman–Crippen MR) is 41.4 cm³/mol. The van der Waals surface area contributed by atoms with Gasteiger partial charge in [-0.3, -0.25) is 0 Å². The normalized spacial score (nSPS) is 5.33. The van der Waals surface area contributed by atoms with Crippen molar-refractivity contribution in [2.24, 2.45) is 0 Å². The minimum Gasteiger partial charge on any atom is -0.356 e. The number of hydrogen-bond donors (Lipinski definition) is 0. The first-order valence-electron chi connectivity index (χ1n) is 2.19. The first-order chi connectivity index (χ1) is 6.93. The molecule has 0 saturated carbocycles. The molecule has 0 fully saturated rings. The molecular weight excluding hydrogens is 374 g/mol. The van der Waals surface area contributed by atoms with Crippen LogP contribution in [0, 0.1) is 61.3 Å². The van der Waals surface area contributed by atoms with Crippen LogP contribution in [0.15, 0.2) is 0 Å². The summed E-state index contributed by atoms with van der Waals surface area (Å²) < 4.78 is 0. The molecule has 0 aliphatic heterocycles. The molecule has 18 heavy (non-hydrogen) atoms. The Labute approximate surface area is 130 Å². The molecule has 0 bridgehead atoms. The molecule has 18 heteroatoms. The van der Waals surface area contributed by atoms with Crippen molar-refractivity contribution in [1.29, 1.82) is 0 Å². The van der Waals surface area contributed by atoms with Gasteiger partial charge in [-0.15, -0.1) is 0 Å². The van der Waals surface area contributed by atoms with E-state index in [0.717, 1.165) is 0 Å². The molecule has 0 spiro atoms. The van der Waals surface area contributed by atoms with Gasteiger partial charge >= 0.3 is 49.0 Å². The van der Waals surface area contributed by atoms with Crippen molar-refractivity contribution in [3.63, 3.8) is 0 Å². The quantitative estimate of drug-likeness (QED) is 0.223. The van der Waals surface area contributed by atoms with Crippen LogP contribution in [0.4, 0.5) is 0 Å². The van der Waals surface area contributed by atoms with Gasteiger partial charge in [-0.2, -0.15) is 0 Å². The molecule has 0 atom stereocenters. The molecule has 0 aromatic carbocycles. The third kappa shape index (κ3) is 1050. The summed E-state index contributed by atoms with van der Waals surface area (Å²) in [6, 6.07) is 0. The largest absolute Gasteiger partial charge is 3.00 e. The zero-order valence-electron chi connectivity index (χ0n) is 8.02. The van der Waals surface area contributed by atoms with E-state index in [9.17, 15) is 0 Å². The summed E-state index contributed by atoms with van der Waals surface area (Å²) in [4.78, 5) is 33.0. The zero-order valence-corrected chi connectivity index (χ0v) is 11.7. The third-order valence-corrected chi connectivity index (χ3v) is 0. The molecule has 0 N–H and O–H groups in total.